The fraction of sp³-hybridized carbons (Fsp3) is 0.739. The van der Waals surface area contributed by atoms with Crippen LogP contribution in [0.4, 0.5) is 0 Å². The third-order valence-corrected chi connectivity index (χ3v) is 5.02. The highest BCUT2D eigenvalue weighted by Crippen LogP contribution is 2.12. The highest BCUT2D eigenvalue weighted by atomic mass is 16.5. The summed E-state index contributed by atoms with van der Waals surface area (Å²) in [7, 11) is 0. The summed E-state index contributed by atoms with van der Waals surface area (Å²) in [6, 6.07) is 10.4. The van der Waals surface area contributed by atoms with Crippen molar-refractivity contribution in [2.45, 2.75) is 96.8 Å². The van der Waals surface area contributed by atoms with Crippen molar-refractivity contribution in [1.29, 1.82) is 0 Å². The Labute approximate surface area is 156 Å². The molecule has 0 unspecified atom stereocenters. The number of unbranched alkanes of at least 4 members (excludes halogenated alkanes) is 12. The molecule has 1 rings (SSSR count). The lowest BCUT2D eigenvalue weighted by atomic mass is 10.0. The molecule has 1 N–H and O–H groups in total. The van der Waals surface area contributed by atoms with E-state index in [4.69, 9.17) is 0 Å². The first kappa shape index (κ1) is 22.2. The molecule has 0 aliphatic carbocycles. The van der Waals surface area contributed by atoms with Gasteiger partial charge >= 0.3 is 0 Å². The maximum absolute atomic E-state index is 9.92. The second-order valence-corrected chi connectivity index (χ2v) is 7.43. The Bertz CT molecular complexity index is 379. The topological polar surface area (TPSA) is 23.5 Å². The van der Waals surface area contributed by atoms with Crippen molar-refractivity contribution in [2.24, 2.45) is 0 Å². The zero-order valence-electron chi connectivity index (χ0n) is 16.6. The highest BCUT2D eigenvalue weighted by Gasteiger charge is 2.01. The van der Waals surface area contributed by atoms with Crippen LogP contribution in [0, 0.1) is 0 Å². The molecule has 1 aromatic rings. The molecule has 144 valence electrons. The number of hydrogen-bond acceptors (Lipinski definition) is 2. The largest absolute Gasteiger partial charge is 0.314 e. The molecule has 0 radical (unpaired) electrons. The first-order valence-corrected chi connectivity index (χ1v) is 10.8. The minimum absolute atomic E-state index is 0.738. The fourth-order valence-electron chi connectivity index (χ4n) is 3.33. The van der Waals surface area contributed by atoms with E-state index < -0.39 is 0 Å². The van der Waals surface area contributed by atoms with Gasteiger partial charge in [-0.1, -0.05) is 114 Å². The van der Waals surface area contributed by atoms with E-state index in [1.807, 2.05) is 6.07 Å². The molecule has 0 bridgehead atoms. The molecule has 0 amide bonds. The predicted octanol–water partition coefficient (Wildman–Crippen LogP) is 7.01. The van der Waals surface area contributed by atoms with Gasteiger partial charge in [0.05, 0.1) is 0 Å². The number of nitrogens with zero attached hydrogens (tertiary/aromatic N) is 1. The van der Waals surface area contributed by atoms with Crippen molar-refractivity contribution >= 4 is 0 Å². The normalized spacial score (nSPS) is 11.3. The minimum atomic E-state index is 0.738. The molecule has 2 nitrogen and oxygen atoms in total. The molecule has 0 fully saturated rings. The third-order valence-electron chi connectivity index (χ3n) is 5.02. The number of rotatable bonds is 17. The third kappa shape index (κ3) is 14.0. The van der Waals surface area contributed by atoms with Crippen LogP contribution in [0.1, 0.15) is 96.0 Å². The van der Waals surface area contributed by atoms with E-state index in [0.29, 0.717) is 0 Å². The maximum Gasteiger partial charge on any atom is 0.0278 e. The van der Waals surface area contributed by atoms with Gasteiger partial charge in [0.1, 0.15) is 0 Å². The van der Waals surface area contributed by atoms with E-state index >= 15 is 0 Å². The Kier molecular flexibility index (Phi) is 14.7. The van der Waals surface area contributed by atoms with E-state index in [9.17, 15) is 5.21 Å². The first-order chi connectivity index (χ1) is 12.3. The van der Waals surface area contributed by atoms with Crippen molar-refractivity contribution in [3.63, 3.8) is 0 Å². The highest BCUT2D eigenvalue weighted by molar-refractivity contribution is 5.14. The zero-order chi connectivity index (χ0) is 18.0. The van der Waals surface area contributed by atoms with Crippen LogP contribution in [0.25, 0.3) is 0 Å². The molecule has 0 atom stereocenters. The number of hydrogen-bond donors (Lipinski definition) is 1. The molecule has 1 aromatic carbocycles. The first-order valence-electron chi connectivity index (χ1n) is 10.8. The van der Waals surface area contributed by atoms with E-state index in [1.165, 1.54) is 87.7 Å². The quantitative estimate of drug-likeness (QED) is 0.242. The summed E-state index contributed by atoms with van der Waals surface area (Å²) in [4.78, 5) is 0. The Balaban J connectivity index is 1.79. The van der Waals surface area contributed by atoms with Gasteiger partial charge in [-0.3, -0.25) is 0 Å². The van der Waals surface area contributed by atoms with Crippen LogP contribution in [0.3, 0.4) is 0 Å². The molecule has 25 heavy (non-hydrogen) atoms. The van der Waals surface area contributed by atoms with Crippen molar-refractivity contribution in [2.75, 3.05) is 13.1 Å². The Morgan fingerprint density at radius 1 is 0.640 bits per heavy atom. The van der Waals surface area contributed by atoms with Crippen molar-refractivity contribution in [1.82, 2.24) is 5.06 Å². The van der Waals surface area contributed by atoms with Gasteiger partial charge in [0.15, 0.2) is 0 Å². The van der Waals surface area contributed by atoms with Gasteiger partial charge in [-0.05, 0) is 18.4 Å². The standard InChI is InChI=1S/C23H41NO/c1-2-3-4-5-6-7-8-9-10-11-12-13-17-21-24(25)22-20-23-18-15-14-16-19-23/h14-16,18-19,25H,2-13,17,20-22H2,1H3. The molecule has 0 saturated carbocycles. The Morgan fingerprint density at radius 2 is 1.12 bits per heavy atom. The van der Waals surface area contributed by atoms with Crippen LogP contribution >= 0.6 is 0 Å². The molecular formula is C23H41NO. The summed E-state index contributed by atoms with van der Waals surface area (Å²) in [6.45, 7) is 3.83. The Morgan fingerprint density at radius 3 is 1.64 bits per heavy atom. The van der Waals surface area contributed by atoms with Gasteiger partial charge in [-0.15, -0.1) is 0 Å². The lowest BCUT2D eigenvalue weighted by molar-refractivity contribution is -0.0905. The average Bonchev–Trinajstić information content (AvgIpc) is 2.64. The second kappa shape index (κ2) is 16.6. The Hall–Kier alpha value is -0.860. The lowest BCUT2D eigenvalue weighted by Gasteiger charge is -2.14. The summed E-state index contributed by atoms with van der Waals surface area (Å²) in [5.74, 6) is 0. The number of benzene rings is 1. The molecule has 0 spiro atoms. The lowest BCUT2D eigenvalue weighted by Crippen LogP contribution is -2.23. The van der Waals surface area contributed by atoms with E-state index in [1.54, 1.807) is 0 Å². The molecule has 0 aromatic heterocycles. The summed E-state index contributed by atoms with van der Waals surface area (Å²) in [6.07, 6.45) is 18.7. The smallest absolute Gasteiger partial charge is 0.0278 e. The monoisotopic (exact) mass is 347 g/mol. The summed E-state index contributed by atoms with van der Waals surface area (Å²) in [5.41, 5.74) is 1.30. The van der Waals surface area contributed by atoms with Gasteiger partial charge in [0.25, 0.3) is 0 Å². The van der Waals surface area contributed by atoms with Crippen LogP contribution in [0.5, 0.6) is 0 Å². The zero-order valence-corrected chi connectivity index (χ0v) is 16.6. The minimum Gasteiger partial charge on any atom is -0.314 e. The molecule has 0 saturated heterocycles. The van der Waals surface area contributed by atoms with Gasteiger partial charge in [-0.25, -0.2) is 0 Å². The van der Waals surface area contributed by atoms with Crippen molar-refractivity contribution in [3.8, 4) is 0 Å². The van der Waals surface area contributed by atoms with E-state index in [2.05, 4.69) is 31.2 Å². The molecular weight excluding hydrogens is 306 g/mol. The second-order valence-electron chi connectivity index (χ2n) is 7.43. The molecule has 0 heterocycles. The van der Waals surface area contributed by atoms with Crippen molar-refractivity contribution in [3.05, 3.63) is 35.9 Å². The van der Waals surface area contributed by atoms with Crippen molar-refractivity contribution < 1.29 is 5.21 Å². The SMILES string of the molecule is CCCCCCCCCCCCCCCN(O)CCc1ccccc1. The predicted molar refractivity (Wildman–Crippen MR) is 109 cm³/mol. The summed E-state index contributed by atoms with van der Waals surface area (Å²) >= 11 is 0. The fourth-order valence-corrected chi connectivity index (χ4v) is 3.33. The van der Waals surface area contributed by atoms with Crippen LogP contribution in [0.15, 0.2) is 30.3 Å². The van der Waals surface area contributed by atoms with Gasteiger partial charge in [-0.2, -0.15) is 5.06 Å². The van der Waals surface area contributed by atoms with Crippen LogP contribution in [-0.2, 0) is 6.42 Å². The van der Waals surface area contributed by atoms with Crippen LogP contribution in [0.2, 0.25) is 0 Å². The average molecular weight is 348 g/mol. The maximum atomic E-state index is 9.92. The molecule has 2 heteroatoms. The van der Waals surface area contributed by atoms with Gasteiger partial charge in [0, 0.05) is 13.1 Å². The molecule has 0 aliphatic heterocycles. The number of hydroxylamine groups is 2. The summed E-state index contributed by atoms with van der Waals surface area (Å²) in [5, 5.41) is 11.4. The van der Waals surface area contributed by atoms with Gasteiger partial charge < -0.3 is 5.21 Å². The van der Waals surface area contributed by atoms with E-state index in [-0.39, 0.29) is 0 Å². The molecule has 0 aliphatic rings. The van der Waals surface area contributed by atoms with Crippen LogP contribution in [-0.4, -0.2) is 23.4 Å². The van der Waals surface area contributed by atoms with Gasteiger partial charge in [0.2, 0.25) is 0 Å². The summed E-state index contributed by atoms with van der Waals surface area (Å²) < 4.78 is 0. The van der Waals surface area contributed by atoms with E-state index in [0.717, 1.165) is 25.9 Å². The van der Waals surface area contributed by atoms with Crippen LogP contribution < -0.4 is 0 Å².